The third kappa shape index (κ3) is 4.84. The molecular weight excluding hydrogens is 470 g/mol. The number of benzene rings is 2. The van der Waals surface area contributed by atoms with E-state index in [1.54, 1.807) is 12.4 Å². The van der Waals surface area contributed by atoms with Gasteiger partial charge in [-0.3, -0.25) is 14.3 Å². The van der Waals surface area contributed by atoms with Gasteiger partial charge in [-0.15, -0.1) is 10.2 Å². The fraction of sp³-hybridized carbons (Fsp3) is 0.200. The van der Waals surface area contributed by atoms with Gasteiger partial charge in [-0.2, -0.15) is 0 Å². The van der Waals surface area contributed by atoms with Crippen molar-refractivity contribution in [2.24, 2.45) is 0 Å². The largest absolute Gasteiger partial charge is 0.378 e. The van der Waals surface area contributed by atoms with Crippen LogP contribution in [0.4, 0.5) is 0 Å². The van der Waals surface area contributed by atoms with Crippen LogP contribution in [0.3, 0.4) is 0 Å². The second-order valence-corrected chi connectivity index (χ2v) is 9.21. The number of halogens is 1. The molecule has 1 fully saturated rings. The Morgan fingerprint density at radius 2 is 1.65 bits per heavy atom. The van der Waals surface area contributed by atoms with Crippen molar-refractivity contribution in [2.75, 3.05) is 26.3 Å². The maximum atomic E-state index is 13.6. The number of hydrogen-bond acceptors (Lipinski definition) is 6. The van der Waals surface area contributed by atoms with Crippen LogP contribution in [0.5, 0.6) is 0 Å². The maximum absolute atomic E-state index is 13.6. The van der Waals surface area contributed by atoms with Gasteiger partial charge in [-0.05, 0) is 42.0 Å². The molecule has 0 radical (unpaired) electrons. The lowest BCUT2D eigenvalue weighted by molar-refractivity contribution is -0.134. The van der Waals surface area contributed by atoms with Gasteiger partial charge in [0.1, 0.15) is 5.25 Å². The maximum Gasteiger partial charge on any atom is 0.240 e. The summed E-state index contributed by atoms with van der Waals surface area (Å²) in [7, 11) is 0. The van der Waals surface area contributed by atoms with Crippen LogP contribution in [-0.4, -0.2) is 56.9 Å². The van der Waals surface area contributed by atoms with Crippen LogP contribution in [-0.2, 0) is 9.53 Å². The normalized spacial score (nSPS) is 14.7. The molecule has 0 N–H and O–H groups in total. The summed E-state index contributed by atoms with van der Waals surface area (Å²) in [4.78, 5) is 19.6. The number of pyridine rings is 1. The molecule has 4 aromatic rings. The fourth-order valence-corrected chi connectivity index (χ4v) is 5.07. The predicted molar refractivity (Wildman–Crippen MR) is 132 cm³/mol. The highest BCUT2D eigenvalue weighted by atomic mass is 35.5. The third-order valence-electron chi connectivity index (χ3n) is 5.53. The number of carbonyl (C=O) groups is 1. The highest BCUT2D eigenvalue weighted by Gasteiger charge is 2.30. The minimum Gasteiger partial charge on any atom is -0.378 e. The van der Waals surface area contributed by atoms with Crippen LogP contribution in [0.25, 0.3) is 17.1 Å². The molecule has 7 nitrogen and oxygen atoms in total. The summed E-state index contributed by atoms with van der Waals surface area (Å²) < 4.78 is 7.41. The molecule has 5 rings (SSSR count). The lowest BCUT2D eigenvalue weighted by Gasteiger charge is -2.30. The molecular formula is C25H22ClN5O2S. The summed E-state index contributed by atoms with van der Waals surface area (Å²) in [5, 5.41) is 9.78. The second kappa shape index (κ2) is 10.4. The number of hydrogen-bond donors (Lipinski definition) is 0. The van der Waals surface area contributed by atoms with E-state index in [9.17, 15) is 4.79 Å². The van der Waals surface area contributed by atoms with Crippen molar-refractivity contribution in [3.63, 3.8) is 0 Å². The monoisotopic (exact) mass is 491 g/mol. The van der Waals surface area contributed by atoms with E-state index in [2.05, 4.69) is 15.2 Å². The Morgan fingerprint density at radius 1 is 0.941 bits per heavy atom. The number of carbonyl (C=O) groups excluding carboxylic acids is 1. The Kier molecular flexibility index (Phi) is 6.89. The fourth-order valence-electron chi connectivity index (χ4n) is 3.80. The summed E-state index contributed by atoms with van der Waals surface area (Å²) in [6, 6.07) is 21.1. The van der Waals surface area contributed by atoms with E-state index in [1.807, 2.05) is 76.2 Å². The Balaban J connectivity index is 1.57. The number of amides is 1. The molecule has 1 amide bonds. The van der Waals surface area contributed by atoms with Gasteiger partial charge in [0.2, 0.25) is 5.91 Å². The predicted octanol–water partition coefficient (Wildman–Crippen LogP) is 4.67. The number of morpholine rings is 1. The summed E-state index contributed by atoms with van der Waals surface area (Å²) in [5.41, 5.74) is 2.65. The highest BCUT2D eigenvalue weighted by molar-refractivity contribution is 8.00. The molecule has 9 heteroatoms. The average molecular weight is 492 g/mol. The van der Waals surface area contributed by atoms with Crippen molar-refractivity contribution in [1.82, 2.24) is 24.6 Å². The Bertz CT molecular complexity index is 1250. The highest BCUT2D eigenvalue weighted by Crippen LogP contribution is 2.38. The van der Waals surface area contributed by atoms with E-state index in [0.717, 1.165) is 16.8 Å². The van der Waals surface area contributed by atoms with Gasteiger partial charge in [0, 0.05) is 41.8 Å². The number of thioether (sulfide) groups is 1. The summed E-state index contributed by atoms with van der Waals surface area (Å²) in [6.45, 7) is 2.25. The van der Waals surface area contributed by atoms with Crippen molar-refractivity contribution in [2.45, 2.75) is 10.4 Å². The number of aromatic nitrogens is 4. The molecule has 1 atom stereocenters. The van der Waals surface area contributed by atoms with Gasteiger partial charge in [0.05, 0.1) is 13.2 Å². The van der Waals surface area contributed by atoms with E-state index in [4.69, 9.17) is 16.3 Å². The number of ether oxygens (including phenoxy) is 1. The zero-order valence-electron chi connectivity index (χ0n) is 18.3. The summed E-state index contributed by atoms with van der Waals surface area (Å²) >= 11 is 7.54. The molecule has 2 aromatic heterocycles. The van der Waals surface area contributed by atoms with Crippen LogP contribution in [0.2, 0.25) is 5.02 Å². The van der Waals surface area contributed by atoms with E-state index in [1.165, 1.54) is 11.8 Å². The lowest BCUT2D eigenvalue weighted by atomic mass is 10.1. The van der Waals surface area contributed by atoms with Crippen LogP contribution in [0, 0.1) is 0 Å². The van der Waals surface area contributed by atoms with Gasteiger partial charge < -0.3 is 9.64 Å². The Morgan fingerprint density at radius 3 is 2.35 bits per heavy atom. The summed E-state index contributed by atoms with van der Waals surface area (Å²) in [6.07, 6.45) is 3.44. The molecule has 1 saturated heterocycles. The van der Waals surface area contributed by atoms with Crippen molar-refractivity contribution in [3.8, 4) is 17.1 Å². The minimum atomic E-state index is -0.472. The molecule has 0 saturated carbocycles. The first-order valence-corrected chi connectivity index (χ1v) is 12.2. The summed E-state index contributed by atoms with van der Waals surface area (Å²) in [5.74, 6) is 0.702. The molecule has 0 bridgehead atoms. The smallest absolute Gasteiger partial charge is 0.240 e. The van der Waals surface area contributed by atoms with Crippen LogP contribution >= 0.6 is 23.4 Å². The number of rotatable bonds is 6. The van der Waals surface area contributed by atoms with Crippen molar-refractivity contribution >= 4 is 29.3 Å². The van der Waals surface area contributed by atoms with Crippen molar-refractivity contribution in [3.05, 3.63) is 89.7 Å². The Labute approximate surface area is 206 Å². The number of nitrogens with zero attached hydrogens (tertiary/aromatic N) is 5. The van der Waals surface area contributed by atoms with E-state index in [0.29, 0.717) is 42.3 Å². The third-order valence-corrected chi connectivity index (χ3v) is 6.97. The average Bonchev–Trinajstić information content (AvgIpc) is 3.32. The topological polar surface area (TPSA) is 73.1 Å². The minimum absolute atomic E-state index is 0.0376. The molecule has 34 heavy (non-hydrogen) atoms. The second-order valence-electron chi connectivity index (χ2n) is 7.70. The van der Waals surface area contributed by atoms with E-state index < -0.39 is 5.25 Å². The van der Waals surface area contributed by atoms with Gasteiger partial charge in [0.25, 0.3) is 0 Å². The van der Waals surface area contributed by atoms with Gasteiger partial charge in [0.15, 0.2) is 11.0 Å². The Hall–Kier alpha value is -3.20. The van der Waals surface area contributed by atoms with Gasteiger partial charge >= 0.3 is 0 Å². The molecule has 172 valence electrons. The molecule has 0 aliphatic carbocycles. The molecule has 0 unspecified atom stereocenters. The molecule has 2 aromatic carbocycles. The first-order chi connectivity index (χ1) is 16.7. The SMILES string of the molecule is O=C([C@H](Sc1nnc(-c2ccncc2)n1-c1ccc(Cl)cc1)c1ccccc1)N1CCOCC1. The molecule has 1 aliphatic heterocycles. The van der Waals surface area contributed by atoms with Crippen LogP contribution < -0.4 is 0 Å². The molecule has 1 aliphatic rings. The molecule has 0 spiro atoms. The molecule has 3 heterocycles. The zero-order valence-corrected chi connectivity index (χ0v) is 19.8. The van der Waals surface area contributed by atoms with Gasteiger partial charge in [-0.25, -0.2) is 0 Å². The van der Waals surface area contributed by atoms with Crippen molar-refractivity contribution < 1.29 is 9.53 Å². The van der Waals surface area contributed by atoms with Gasteiger partial charge in [-0.1, -0.05) is 53.7 Å². The van der Waals surface area contributed by atoms with E-state index in [-0.39, 0.29) is 5.91 Å². The first kappa shape index (κ1) is 22.6. The lowest BCUT2D eigenvalue weighted by Crippen LogP contribution is -2.42. The van der Waals surface area contributed by atoms with Crippen molar-refractivity contribution in [1.29, 1.82) is 0 Å². The van der Waals surface area contributed by atoms with E-state index >= 15 is 0 Å². The van der Waals surface area contributed by atoms with Crippen LogP contribution in [0.15, 0.2) is 84.3 Å². The first-order valence-electron chi connectivity index (χ1n) is 10.9. The van der Waals surface area contributed by atoms with Crippen LogP contribution in [0.1, 0.15) is 10.8 Å². The zero-order chi connectivity index (χ0) is 23.3. The standard InChI is InChI=1S/C25H22ClN5O2S/c26-20-6-8-21(9-7-20)31-23(19-10-12-27-13-11-19)28-29-25(31)34-22(18-4-2-1-3-5-18)24(32)30-14-16-33-17-15-30/h1-13,22H,14-17H2/t22-/m1/s1. The quantitative estimate of drug-likeness (QED) is 0.365.